The van der Waals surface area contributed by atoms with Crippen LogP contribution in [0.25, 0.3) is 0 Å². The van der Waals surface area contributed by atoms with Crippen molar-refractivity contribution in [3.05, 3.63) is 36.0 Å². The summed E-state index contributed by atoms with van der Waals surface area (Å²) in [5, 5.41) is 33.6. The number of aliphatic hydroxyl groups excluding tert-OH is 2. The van der Waals surface area contributed by atoms with Crippen LogP contribution in [0.5, 0.6) is 0 Å². The predicted molar refractivity (Wildman–Crippen MR) is 147 cm³/mol. The quantitative estimate of drug-likeness (QED) is 0.146. The fraction of sp³-hybridized carbons (Fsp3) is 0.690. The maximum atomic E-state index is 12.6. The standard InChI is InChI=1S/C29H47NO9/c1-8-24(33)21(5)30-28(35)37-17-18(2)10-9-11-19(3)27-20(4)12-13-25(38-22(6)31)29(7,36)15-14-23(32)16-26(34)39-27/h9-13,18,20-21,23-25,27,32-33,36H,8,14-17H2,1-7H3,(H,30,35)/b10-9+,13-12+,19-11+/t18-,20-,21+,23-,24+,25+,27+,29-/m0/s1. The lowest BCUT2D eigenvalue weighted by Crippen LogP contribution is -2.42. The van der Waals surface area contributed by atoms with E-state index in [0.717, 1.165) is 5.57 Å². The van der Waals surface area contributed by atoms with Gasteiger partial charge in [0.1, 0.15) is 17.8 Å². The van der Waals surface area contributed by atoms with Gasteiger partial charge in [0, 0.05) is 18.8 Å². The van der Waals surface area contributed by atoms with Crippen molar-refractivity contribution in [2.75, 3.05) is 6.61 Å². The fourth-order valence-electron chi connectivity index (χ4n) is 4.06. The van der Waals surface area contributed by atoms with Crippen LogP contribution in [0.4, 0.5) is 4.79 Å². The van der Waals surface area contributed by atoms with Crippen molar-refractivity contribution in [1.29, 1.82) is 0 Å². The van der Waals surface area contributed by atoms with Crippen molar-refractivity contribution in [2.24, 2.45) is 11.8 Å². The number of hydrogen-bond donors (Lipinski definition) is 4. The third kappa shape index (κ3) is 12.8. The van der Waals surface area contributed by atoms with Gasteiger partial charge < -0.3 is 34.8 Å². The summed E-state index contributed by atoms with van der Waals surface area (Å²) in [7, 11) is 0. The summed E-state index contributed by atoms with van der Waals surface area (Å²) in [6.45, 7) is 12.0. The number of nitrogens with one attached hydrogen (secondary N) is 1. The van der Waals surface area contributed by atoms with Crippen LogP contribution in [0.1, 0.15) is 74.1 Å². The molecule has 0 spiro atoms. The molecular formula is C29H47NO9. The van der Waals surface area contributed by atoms with Crippen molar-refractivity contribution in [2.45, 2.75) is 110 Å². The molecule has 0 unspecified atom stereocenters. The molecule has 1 amide bonds. The van der Waals surface area contributed by atoms with E-state index in [1.807, 2.05) is 33.8 Å². The lowest BCUT2D eigenvalue weighted by molar-refractivity contribution is -0.157. The van der Waals surface area contributed by atoms with Gasteiger partial charge in [-0.2, -0.15) is 0 Å². The van der Waals surface area contributed by atoms with Crippen LogP contribution >= 0.6 is 0 Å². The number of ether oxygens (including phenoxy) is 3. The molecule has 10 nitrogen and oxygen atoms in total. The monoisotopic (exact) mass is 553 g/mol. The topological polar surface area (TPSA) is 152 Å². The van der Waals surface area contributed by atoms with Crippen LogP contribution < -0.4 is 5.32 Å². The third-order valence-electron chi connectivity index (χ3n) is 6.68. The van der Waals surface area contributed by atoms with Gasteiger partial charge in [-0.25, -0.2) is 4.79 Å². The van der Waals surface area contributed by atoms with E-state index in [2.05, 4.69) is 5.32 Å². The number of amides is 1. The number of carbonyl (C=O) groups is 3. The smallest absolute Gasteiger partial charge is 0.407 e. The van der Waals surface area contributed by atoms with E-state index in [-0.39, 0.29) is 37.7 Å². The molecule has 0 aliphatic carbocycles. The van der Waals surface area contributed by atoms with Crippen molar-refractivity contribution in [3.63, 3.8) is 0 Å². The minimum absolute atomic E-state index is 0.107. The van der Waals surface area contributed by atoms with Gasteiger partial charge in [0.15, 0.2) is 0 Å². The second kappa shape index (κ2) is 16.4. The Hall–Kier alpha value is -2.69. The number of aliphatic hydroxyl groups is 3. The van der Waals surface area contributed by atoms with Gasteiger partial charge in [0.05, 0.1) is 31.3 Å². The number of cyclic esters (lactones) is 1. The lowest BCUT2D eigenvalue weighted by atomic mass is 9.88. The van der Waals surface area contributed by atoms with Gasteiger partial charge in [0.25, 0.3) is 0 Å². The normalized spacial score (nSPS) is 30.2. The first-order chi connectivity index (χ1) is 18.2. The van der Waals surface area contributed by atoms with Gasteiger partial charge in [-0.05, 0) is 51.7 Å². The first-order valence-corrected chi connectivity index (χ1v) is 13.6. The second-order valence-electron chi connectivity index (χ2n) is 10.7. The van der Waals surface area contributed by atoms with Gasteiger partial charge in [0.2, 0.25) is 0 Å². The van der Waals surface area contributed by atoms with E-state index in [4.69, 9.17) is 14.2 Å². The molecule has 0 bridgehead atoms. The highest BCUT2D eigenvalue weighted by atomic mass is 16.6. The first kappa shape index (κ1) is 34.3. The Labute approximate surface area is 232 Å². The molecule has 0 fully saturated rings. The van der Waals surface area contributed by atoms with Crippen LogP contribution in [0, 0.1) is 11.8 Å². The summed E-state index contributed by atoms with van der Waals surface area (Å²) in [6, 6.07) is -0.417. The Bertz CT molecular complexity index is 895. The molecule has 8 atom stereocenters. The summed E-state index contributed by atoms with van der Waals surface area (Å²) in [4.78, 5) is 36.1. The number of allylic oxidation sites excluding steroid dienone is 2. The predicted octanol–water partition coefficient (Wildman–Crippen LogP) is 3.34. The molecule has 0 saturated carbocycles. The molecule has 0 radical (unpaired) electrons. The fourth-order valence-corrected chi connectivity index (χ4v) is 4.06. The average Bonchev–Trinajstić information content (AvgIpc) is 2.85. The molecule has 10 heteroatoms. The maximum Gasteiger partial charge on any atom is 0.407 e. The Morgan fingerprint density at radius 1 is 1.28 bits per heavy atom. The summed E-state index contributed by atoms with van der Waals surface area (Å²) >= 11 is 0. The lowest BCUT2D eigenvalue weighted by Gasteiger charge is -2.32. The summed E-state index contributed by atoms with van der Waals surface area (Å²) in [5.41, 5.74) is -0.703. The zero-order chi connectivity index (χ0) is 29.8. The van der Waals surface area contributed by atoms with E-state index in [0.29, 0.717) is 6.42 Å². The Balaban J connectivity index is 2.97. The van der Waals surface area contributed by atoms with Crippen molar-refractivity contribution < 1.29 is 43.9 Å². The number of carbonyl (C=O) groups excluding carboxylic acids is 3. The van der Waals surface area contributed by atoms with E-state index in [1.54, 1.807) is 31.2 Å². The highest BCUT2D eigenvalue weighted by molar-refractivity contribution is 5.70. The third-order valence-corrected chi connectivity index (χ3v) is 6.68. The zero-order valence-electron chi connectivity index (χ0n) is 24.3. The second-order valence-corrected chi connectivity index (χ2v) is 10.7. The van der Waals surface area contributed by atoms with Crippen LogP contribution in [0.15, 0.2) is 36.0 Å². The highest BCUT2D eigenvalue weighted by Crippen LogP contribution is 2.27. The minimum Gasteiger partial charge on any atom is -0.457 e. The molecule has 0 aromatic heterocycles. The van der Waals surface area contributed by atoms with Crippen LogP contribution in [0.2, 0.25) is 0 Å². The molecule has 4 N–H and O–H groups in total. The molecule has 222 valence electrons. The molecule has 1 rings (SSSR count). The molecule has 1 aliphatic rings. The molecule has 0 aromatic rings. The molecule has 39 heavy (non-hydrogen) atoms. The van der Waals surface area contributed by atoms with Crippen LogP contribution in [-0.4, -0.2) is 76.0 Å². The number of hydrogen-bond acceptors (Lipinski definition) is 9. The Morgan fingerprint density at radius 3 is 2.56 bits per heavy atom. The van der Waals surface area contributed by atoms with Crippen molar-refractivity contribution >= 4 is 18.0 Å². The molecule has 1 aliphatic heterocycles. The average molecular weight is 554 g/mol. The van der Waals surface area contributed by atoms with Gasteiger partial charge in [-0.3, -0.25) is 9.59 Å². The van der Waals surface area contributed by atoms with E-state index >= 15 is 0 Å². The SMILES string of the molecule is CC[C@@H](O)[C@@H](C)NC(=O)OC[C@@H](C)/C=C/C=C(\C)[C@H]1OC(=O)C[C@@H](O)CC[C@](C)(O)[C@H](OC(C)=O)/C=C/[C@@H]1C. The van der Waals surface area contributed by atoms with Crippen LogP contribution in [-0.2, 0) is 23.8 Å². The van der Waals surface area contributed by atoms with Crippen molar-refractivity contribution in [1.82, 2.24) is 5.32 Å². The largest absolute Gasteiger partial charge is 0.457 e. The van der Waals surface area contributed by atoms with E-state index in [1.165, 1.54) is 13.8 Å². The molecule has 1 heterocycles. The van der Waals surface area contributed by atoms with Gasteiger partial charge >= 0.3 is 18.0 Å². The zero-order valence-corrected chi connectivity index (χ0v) is 24.3. The summed E-state index contributed by atoms with van der Waals surface area (Å²) < 4.78 is 16.3. The minimum atomic E-state index is -1.43. The maximum absolute atomic E-state index is 12.6. The Morgan fingerprint density at radius 2 is 1.95 bits per heavy atom. The summed E-state index contributed by atoms with van der Waals surface area (Å²) in [6.07, 6.45) is 5.42. The molecule has 0 aromatic carbocycles. The summed E-state index contributed by atoms with van der Waals surface area (Å²) in [5.74, 6) is -1.55. The van der Waals surface area contributed by atoms with E-state index < -0.39 is 54.1 Å². The number of rotatable bonds is 9. The van der Waals surface area contributed by atoms with Crippen molar-refractivity contribution in [3.8, 4) is 0 Å². The highest BCUT2D eigenvalue weighted by Gasteiger charge is 2.35. The van der Waals surface area contributed by atoms with Gasteiger partial charge in [-0.1, -0.05) is 45.1 Å². The molecular weight excluding hydrogens is 506 g/mol. The number of esters is 2. The van der Waals surface area contributed by atoms with Crippen LogP contribution in [0.3, 0.4) is 0 Å². The molecule has 0 saturated heterocycles. The Kier molecular flexibility index (Phi) is 14.5. The van der Waals surface area contributed by atoms with Gasteiger partial charge in [-0.15, -0.1) is 0 Å². The van der Waals surface area contributed by atoms with E-state index in [9.17, 15) is 29.7 Å². The number of alkyl carbamates (subject to hydrolysis) is 1. The first-order valence-electron chi connectivity index (χ1n) is 13.6.